The minimum atomic E-state index is -0.436. The highest BCUT2D eigenvalue weighted by atomic mass is 16.6. The molecule has 0 bridgehead atoms. The predicted octanol–water partition coefficient (Wildman–Crippen LogP) is 2.36. The molecule has 0 aliphatic carbocycles. The highest BCUT2D eigenvalue weighted by molar-refractivity contribution is 5.86. The first-order valence-corrected chi connectivity index (χ1v) is 6.27. The van der Waals surface area contributed by atoms with E-state index in [-0.39, 0.29) is 12.7 Å². The largest absolute Gasteiger partial charge is 0.460 e. The molecule has 5 nitrogen and oxygen atoms in total. The fourth-order valence-electron chi connectivity index (χ4n) is 1.23. The van der Waals surface area contributed by atoms with Crippen LogP contribution in [-0.4, -0.2) is 43.3 Å². The number of hydrogen-bond acceptors (Lipinski definition) is 4. The first kappa shape index (κ1) is 16.5. The molecule has 0 aromatic rings. The van der Waals surface area contributed by atoms with Gasteiger partial charge in [-0.3, -0.25) is 0 Å². The zero-order valence-electron chi connectivity index (χ0n) is 11.5. The fraction of sp³-hybridized carbons (Fsp3) is 0.692. The molecule has 5 heteroatoms. The van der Waals surface area contributed by atoms with Crippen molar-refractivity contribution in [3.05, 3.63) is 12.2 Å². The smallest absolute Gasteiger partial charge is 0.409 e. The Morgan fingerprint density at radius 2 is 1.83 bits per heavy atom. The van der Waals surface area contributed by atoms with Crippen LogP contribution in [0.25, 0.3) is 0 Å². The van der Waals surface area contributed by atoms with Crippen LogP contribution in [0.4, 0.5) is 4.79 Å². The molecule has 0 aromatic carbocycles. The summed E-state index contributed by atoms with van der Waals surface area (Å²) in [6, 6.07) is 0. The molecule has 0 radical (unpaired) electrons. The molecule has 0 saturated heterocycles. The molecule has 0 atom stereocenters. The highest BCUT2D eigenvalue weighted by Gasteiger charge is 2.14. The zero-order valence-corrected chi connectivity index (χ0v) is 11.5. The Hall–Kier alpha value is -1.52. The number of hydrogen-bond donors (Lipinski definition) is 0. The number of carbonyl (C=O) groups excluding carboxylic acids is 2. The van der Waals surface area contributed by atoms with Crippen molar-refractivity contribution in [2.75, 3.05) is 26.3 Å². The molecule has 0 spiro atoms. The third-order valence-electron chi connectivity index (χ3n) is 2.25. The van der Waals surface area contributed by atoms with E-state index in [1.807, 2.05) is 6.92 Å². The van der Waals surface area contributed by atoms with Crippen LogP contribution in [0.3, 0.4) is 0 Å². The number of nitrogens with zero attached hydrogens (tertiary/aromatic N) is 1. The minimum Gasteiger partial charge on any atom is -0.460 e. The minimum absolute atomic E-state index is 0.161. The van der Waals surface area contributed by atoms with Gasteiger partial charge in [-0.05, 0) is 20.3 Å². The van der Waals surface area contributed by atoms with E-state index in [9.17, 15) is 9.59 Å². The molecule has 1 amide bonds. The van der Waals surface area contributed by atoms with Gasteiger partial charge in [0.2, 0.25) is 0 Å². The van der Waals surface area contributed by atoms with Gasteiger partial charge in [0.15, 0.2) is 0 Å². The molecule has 0 aromatic heterocycles. The SMILES string of the molecule is C=C(C)C(=O)OCCN(CCCC)C(=O)OCC. The second kappa shape index (κ2) is 9.50. The fourth-order valence-corrected chi connectivity index (χ4v) is 1.23. The predicted molar refractivity (Wildman–Crippen MR) is 69.3 cm³/mol. The molecule has 0 heterocycles. The van der Waals surface area contributed by atoms with Crippen molar-refractivity contribution in [3.8, 4) is 0 Å². The number of carbonyl (C=O) groups is 2. The van der Waals surface area contributed by atoms with Gasteiger partial charge in [0.1, 0.15) is 6.61 Å². The molecule has 104 valence electrons. The molecule has 0 unspecified atom stereocenters. The van der Waals surface area contributed by atoms with E-state index in [1.165, 1.54) is 0 Å². The highest BCUT2D eigenvalue weighted by Crippen LogP contribution is 2.00. The molecule has 0 aliphatic rings. The third-order valence-corrected chi connectivity index (χ3v) is 2.25. The molecule has 0 fully saturated rings. The van der Waals surface area contributed by atoms with Crippen molar-refractivity contribution in [2.24, 2.45) is 0 Å². The lowest BCUT2D eigenvalue weighted by Gasteiger charge is -2.21. The summed E-state index contributed by atoms with van der Waals surface area (Å²) in [6.07, 6.45) is 1.52. The third kappa shape index (κ3) is 6.93. The standard InChI is InChI=1S/C13H23NO4/c1-5-7-8-14(13(16)17-6-2)9-10-18-12(15)11(3)4/h3,5-10H2,1-2,4H3. The summed E-state index contributed by atoms with van der Waals surface area (Å²) in [7, 11) is 0. The Kier molecular flexibility index (Phi) is 8.70. The van der Waals surface area contributed by atoms with Crippen molar-refractivity contribution < 1.29 is 19.1 Å². The van der Waals surface area contributed by atoms with Crippen LogP contribution < -0.4 is 0 Å². The molecule has 0 aliphatic heterocycles. The van der Waals surface area contributed by atoms with Crippen molar-refractivity contribution in [1.82, 2.24) is 4.90 Å². The number of rotatable bonds is 8. The van der Waals surface area contributed by atoms with E-state index >= 15 is 0 Å². The zero-order chi connectivity index (χ0) is 14.0. The van der Waals surface area contributed by atoms with Gasteiger partial charge in [-0.2, -0.15) is 0 Å². The summed E-state index contributed by atoms with van der Waals surface area (Å²) in [6.45, 7) is 10.3. The summed E-state index contributed by atoms with van der Waals surface area (Å²) in [5.74, 6) is -0.436. The second-order valence-electron chi connectivity index (χ2n) is 3.96. The Balaban J connectivity index is 4.11. The number of unbranched alkanes of at least 4 members (excludes halogenated alkanes) is 1. The molecule has 0 rings (SSSR count). The molecule has 0 N–H and O–H groups in total. The number of esters is 1. The topological polar surface area (TPSA) is 55.8 Å². The summed E-state index contributed by atoms with van der Waals surface area (Å²) in [5.41, 5.74) is 0.353. The van der Waals surface area contributed by atoms with Crippen LogP contribution in [0.5, 0.6) is 0 Å². The maximum Gasteiger partial charge on any atom is 0.409 e. The lowest BCUT2D eigenvalue weighted by atomic mass is 10.3. The van der Waals surface area contributed by atoms with Crippen LogP contribution in [0.15, 0.2) is 12.2 Å². The maximum atomic E-state index is 11.6. The van der Waals surface area contributed by atoms with E-state index < -0.39 is 5.97 Å². The van der Waals surface area contributed by atoms with Crippen LogP contribution in [-0.2, 0) is 14.3 Å². The van der Waals surface area contributed by atoms with Crippen molar-refractivity contribution in [2.45, 2.75) is 33.6 Å². The van der Waals surface area contributed by atoms with Gasteiger partial charge >= 0.3 is 12.1 Å². The average Bonchev–Trinajstić information content (AvgIpc) is 2.33. The average molecular weight is 257 g/mol. The second-order valence-corrected chi connectivity index (χ2v) is 3.96. The summed E-state index contributed by atoms with van der Waals surface area (Å²) < 4.78 is 9.89. The van der Waals surface area contributed by atoms with Crippen LogP contribution in [0.1, 0.15) is 33.6 Å². The quantitative estimate of drug-likeness (QED) is 0.495. The first-order valence-electron chi connectivity index (χ1n) is 6.27. The van der Waals surface area contributed by atoms with Gasteiger partial charge in [-0.25, -0.2) is 9.59 Å². The van der Waals surface area contributed by atoms with Crippen molar-refractivity contribution >= 4 is 12.1 Å². The number of amides is 1. The molecular formula is C13H23NO4. The monoisotopic (exact) mass is 257 g/mol. The summed E-state index contributed by atoms with van der Waals surface area (Å²) >= 11 is 0. The van der Waals surface area contributed by atoms with Crippen LogP contribution >= 0.6 is 0 Å². The molecule has 0 saturated carbocycles. The van der Waals surface area contributed by atoms with Gasteiger partial charge in [0.05, 0.1) is 13.2 Å². The van der Waals surface area contributed by atoms with E-state index in [0.717, 1.165) is 12.8 Å². The Labute approximate surface area is 109 Å². The van der Waals surface area contributed by atoms with E-state index in [4.69, 9.17) is 9.47 Å². The van der Waals surface area contributed by atoms with E-state index in [1.54, 1.807) is 18.7 Å². The Morgan fingerprint density at radius 3 is 2.33 bits per heavy atom. The van der Waals surface area contributed by atoms with Gasteiger partial charge in [-0.1, -0.05) is 19.9 Å². The van der Waals surface area contributed by atoms with Gasteiger partial charge in [0, 0.05) is 12.1 Å². The van der Waals surface area contributed by atoms with Gasteiger partial charge in [-0.15, -0.1) is 0 Å². The Bertz CT molecular complexity index is 289. The Morgan fingerprint density at radius 1 is 1.17 bits per heavy atom. The first-order chi connectivity index (χ1) is 8.52. The normalized spacial score (nSPS) is 9.72. The summed E-state index contributed by atoms with van der Waals surface area (Å²) in [5, 5.41) is 0. The van der Waals surface area contributed by atoms with Crippen LogP contribution in [0, 0.1) is 0 Å². The van der Waals surface area contributed by atoms with Gasteiger partial charge < -0.3 is 14.4 Å². The lowest BCUT2D eigenvalue weighted by molar-refractivity contribution is -0.139. The van der Waals surface area contributed by atoms with Crippen LogP contribution in [0.2, 0.25) is 0 Å². The van der Waals surface area contributed by atoms with E-state index in [2.05, 4.69) is 6.58 Å². The summed E-state index contributed by atoms with van der Waals surface area (Å²) in [4.78, 5) is 24.3. The maximum absolute atomic E-state index is 11.6. The molecular weight excluding hydrogens is 234 g/mol. The molecule has 18 heavy (non-hydrogen) atoms. The van der Waals surface area contributed by atoms with Crippen molar-refractivity contribution in [3.63, 3.8) is 0 Å². The lowest BCUT2D eigenvalue weighted by Crippen LogP contribution is -2.35. The van der Waals surface area contributed by atoms with Crippen molar-refractivity contribution in [1.29, 1.82) is 0 Å². The number of ether oxygens (including phenoxy) is 2. The van der Waals surface area contributed by atoms with E-state index in [0.29, 0.717) is 25.3 Å². The van der Waals surface area contributed by atoms with Gasteiger partial charge in [0.25, 0.3) is 0 Å².